The molecule has 2 amide bonds. The Labute approximate surface area is 163 Å². The Morgan fingerprint density at radius 1 is 1.25 bits per heavy atom. The van der Waals surface area contributed by atoms with E-state index in [0.29, 0.717) is 24.9 Å². The molecule has 7 heteroatoms. The van der Waals surface area contributed by atoms with Crippen LogP contribution in [0, 0.1) is 5.41 Å². The fourth-order valence-electron chi connectivity index (χ4n) is 3.53. The average molecular weight is 383 g/mol. The third-order valence-corrected chi connectivity index (χ3v) is 5.07. The van der Waals surface area contributed by atoms with Crippen LogP contribution < -0.4 is 5.32 Å². The fraction of sp³-hybridized carbons (Fsp3) is 0.429. The highest BCUT2D eigenvalue weighted by molar-refractivity contribution is 6.00. The molecule has 1 aromatic heterocycles. The number of amides is 2. The van der Waals surface area contributed by atoms with Crippen molar-refractivity contribution in [1.82, 2.24) is 15.2 Å². The number of carbonyl (C=O) groups excluding carboxylic acids is 2. The van der Waals surface area contributed by atoms with Crippen molar-refractivity contribution in [3.63, 3.8) is 0 Å². The second-order valence-corrected chi connectivity index (χ2v) is 8.21. The molecule has 2 N–H and O–H groups in total. The van der Waals surface area contributed by atoms with E-state index in [1.54, 1.807) is 30.5 Å². The lowest BCUT2D eigenvalue weighted by Crippen LogP contribution is -2.56. The Bertz CT molecular complexity index is 919. The maximum Gasteiger partial charge on any atom is 0.326 e. The van der Waals surface area contributed by atoms with Crippen LogP contribution in [0.4, 0.5) is 0 Å². The van der Waals surface area contributed by atoms with Crippen LogP contribution in [-0.2, 0) is 9.59 Å². The van der Waals surface area contributed by atoms with E-state index in [4.69, 9.17) is 0 Å². The van der Waals surface area contributed by atoms with Gasteiger partial charge in [0, 0.05) is 23.7 Å². The quantitative estimate of drug-likeness (QED) is 0.845. The number of hydrogen-bond acceptors (Lipinski definition) is 4. The summed E-state index contributed by atoms with van der Waals surface area (Å²) < 4.78 is 0. The van der Waals surface area contributed by atoms with Crippen molar-refractivity contribution in [1.29, 1.82) is 0 Å². The average Bonchev–Trinajstić information content (AvgIpc) is 3.14. The molecular weight excluding hydrogens is 358 g/mol. The van der Waals surface area contributed by atoms with Gasteiger partial charge >= 0.3 is 5.97 Å². The summed E-state index contributed by atoms with van der Waals surface area (Å²) in [6.45, 7) is 5.95. The fourth-order valence-corrected chi connectivity index (χ4v) is 3.53. The zero-order valence-corrected chi connectivity index (χ0v) is 16.3. The number of carbonyl (C=O) groups is 3. The summed E-state index contributed by atoms with van der Waals surface area (Å²) in [7, 11) is 0. The summed E-state index contributed by atoms with van der Waals surface area (Å²) in [5.74, 6) is -1.73. The second-order valence-electron chi connectivity index (χ2n) is 8.21. The molecule has 1 aliphatic heterocycles. The van der Waals surface area contributed by atoms with E-state index in [-0.39, 0.29) is 11.8 Å². The van der Waals surface area contributed by atoms with Crippen LogP contribution in [0.5, 0.6) is 0 Å². The largest absolute Gasteiger partial charge is 0.480 e. The van der Waals surface area contributed by atoms with E-state index in [9.17, 15) is 19.5 Å². The van der Waals surface area contributed by atoms with E-state index >= 15 is 0 Å². The number of likely N-dealkylation sites (tertiary alicyclic amines) is 1. The number of carboxylic acid groups (broad SMARTS) is 1. The van der Waals surface area contributed by atoms with Crippen molar-refractivity contribution in [3.05, 3.63) is 42.1 Å². The predicted octanol–water partition coefficient (Wildman–Crippen LogP) is 2.45. The monoisotopic (exact) mass is 383 g/mol. The van der Waals surface area contributed by atoms with Gasteiger partial charge in [0.25, 0.3) is 5.91 Å². The molecule has 0 spiro atoms. The normalized spacial score (nSPS) is 18.1. The van der Waals surface area contributed by atoms with Gasteiger partial charge in [-0.2, -0.15) is 0 Å². The van der Waals surface area contributed by atoms with Crippen molar-refractivity contribution in [2.45, 2.75) is 45.7 Å². The maximum atomic E-state index is 13.1. The Balaban J connectivity index is 1.84. The molecule has 0 aliphatic carbocycles. The Hall–Kier alpha value is -2.96. The van der Waals surface area contributed by atoms with Gasteiger partial charge in [-0.25, -0.2) is 4.79 Å². The molecule has 2 atom stereocenters. The van der Waals surface area contributed by atoms with Gasteiger partial charge in [0.05, 0.1) is 5.52 Å². The molecule has 1 aromatic carbocycles. The molecule has 1 fully saturated rings. The molecule has 3 rings (SSSR count). The number of hydrogen-bond donors (Lipinski definition) is 2. The van der Waals surface area contributed by atoms with Crippen molar-refractivity contribution in [2.75, 3.05) is 6.54 Å². The molecular formula is C21H25N3O4. The number of benzene rings is 1. The van der Waals surface area contributed by atoms with Crippen LogP contribution >= 0.6 is 0 Å². The zero-order chi connectivity index (χ0) is 20.5. The maximum absolute atomic E-state index is 13.1. The molecule has 0 radical (unpaired) electrons. The summed E-state index contributed by atoms with van der Waals surface area (Å²) in [6, 6.07) is 7.17. The first-order valence-corrected chi connectivity index (χ1v) is 9.37. The lowest BCUT2D eigenvalue weighted by molar-refractivity contribution is -0.150. The van der Waals surface area contributed by atoms with Gasteiger partial charge in [0.1, 0.15) is 12.1 Å². The highest BCUT2D eigenvalue weighted by Crippen LogP contribution is 2.26. The number of aromatic nitrogens is 1. The molecule has 1 aliphatic rings. The molecule has 0 saturated carbocycles. The summed E-state index contributed by atoms with van der Waals surface area (Å²) in [6.07, 6.45) is 2.76. The van der Waals surface area contributed by atoms with Crippen LogP contribution in [0.2, 0.25) is 0 Å². The zero-order valence-electron chi connectivity index (χ0n) is 16.3. The molecule has 1 saturated heterocycles. The van der Waals surface area contributed by atoms with Crippen LogP contribution in [-0.4, -0.2) is 51.4 Å². The minimum Gasteiger partial charge on any atom is -0.480 e. The number of rotatable bonds is 4. The van der Waals surface area contributed by atoms with Gasteiger partial charge in [-0.3, -0.25) is 14.6 Å². The number of nitrogens with zero attached hydrogens (tertiary/aromatic N) is 2. The van der Waals surface area contributed by atoms with Crippen molar-refractivity contribution in [3.8, 4) is 0 Å². The second kappa shape index (κ2) is 7.58. The van der Waals surface area contributed by atoms with E-state index in [2.05, 4.69) is 10.3 Å². The van der Waals surface area contributed by atoms with Gasteiger partial charge in [-0.15, -0.1) is 0 Å². The molecule has 148 valence electrons. The molecule has 28 heavy (non-hydrogen) atoms. The first kappa shape index (κ1) is 19.8. The van der Waals surface area contributed by atoms with E-state index in [0.717, 1.165) is 10.9 Å². The third-order valence-electron chi connectivity index (χ3n) is 5.07. The number of carboxylic acids is 1. The predicted molar refractivity (Wildman–Crippen MR) is 105 cm³/mol. The lowest BCUT2D eigenvalue weighted by atomic mass is 9.85. The number of aliphatic carboxylic acids is 1. The number of nitrogens with one attached hydrogen (secondary N) is 1. The van der Waals surface area contributed by atoms with Crippen LogP contribution in [0.25, 0.3) is 10.9 Å². The van der Waals surface area contributed by atoms with E-state index in [1.807, 2.05) is 26.8 Å². The number of pyridine rings is 1. The molecule has 2 heterocycles. The molecule has 2 aromatic rings. The van der Waals surface area contributed by atoms with Crippen molar-refractivity contribution >= 4 is 28.7 Å². The third kappa shape index (κ3) is 3.98. The van der Waals surface area contributed by atoms with Crippen LogP contribution in [0.15, 0.2) is 36.5 Å². The van der Waals surface area contributed by atoms with Crippen LogP contribution in [0.3, 0.4) is 0 Å². The SMILES string of the molecule is CC(C)(C)[C@H](NC(=O)c1ccc2ncccc2c1)C(=O)N1CCC[C@@H]1C(=O)O. The Morgan fingerprint density at radius 3 is 2.68 bits per heavy atom. The first-order chi connectivity index (χ1) is 13.2. The minimum atomic E-state index is -1.01. The van der Waals surface area contributed by atoms with Gasteiger partial charge in [-0.1, -0.05) is 26.8 Å². The topological polar surface area (TPSA) is 99.6 Å². The summed E-state index contributed by atoms with van der Waals surface area (Å²) >= 11 is 0. The molecule has 0 bridgehead atoms. The Morgan fingerprint density at radius 2 is 2.00 bits per heavy atom. The summed E-state index contributed by atoms with van der Waals surface area (Å²) in [5.41, 5.74) is 0.638. The first-order valence-electron chi connectivity index (χ1n) is 9.37. The standard InChI is InChI=1S/C21H25N3O4/c1-21(2,3)17(19(26)24-11-5-7-16(24)20(27)28)23-18(25)14-8-9-15-13(12-14)6-4-10-22-15/h4,6,8-10,12,16-17H,5,7,11H2,1-3H3,(H,23,25)(H,27,28)/t16-,17-/m1/s1. The van der Waals surface area contributed by atoms with Crippen molar-refractivity contribution < 1.29 is 19.5 Å². The molecule has 7 nitrogen and oxygen atoms in total. The van der Waals surface area contributed by atoms with E-state index < -0.39 is 23.5 Å². The smallest absolute Gasteiger partial charge is 0.326 e. The molecule has 0 unspecified atom stereocenters. The van der Waals surface area contributed by atoms with Gasteiger partial charge < -0.3 is 15.3 Å². The minimum absolute atomic E-state index is 0.354. The van der Waals surface area contributed by atoms with E-state index in [1.165, 1.54) is 4.90 Å². The van der Waals surface area contributed by atoms with Crippen molar-refractivity contribution in [2.24, 2.45) is 5.41 Å². The van der Waals surface area contributed by atoms with Gasteiger partial charge in [0.2, 0.25) is 5.91 Å². The van der Waals surface area contributed by atoms with Gasteiger partial charge in [-0.05, 0) is 42.5 Å². The number of fused-ring (bicyclic) bond motifs is 1. The summed E-state index contributed by atoms with van der Waals surface area (Å²) in [4.78, 5) is 43.1. The highest BCUT2D eigenvalue weighted by Gasteiger charge is 2.41. The lowest BCUT2D eigenvalue weighted by Gasteiger charge is -2.34. The highest BCUT2D eigenvalue weighted by atomic mass is 16.4. The Kier molecular flexibility index (Phi) is 5.36. The van der Waals surface area contributed by atoms with Gasteiger partial charge in [0.15, 0.2) is 0 Å². The summed E-state index contributed by atoms with van der Waals surface area (Å²) in [5, 5.41) is 13.1. The van der Waals surface area contributed by atoms with Crippen LogP contribution in [0.1, 0.15) is 44.0 Å².